The molecule has 0 saturated heterocycles. The molecule has 124 valence electrons. The summed E-state index contributed by atoms with van der Waals surface area (Å²) in [5.74, 6) is 0.579. The van der Waals surface area contributed by atoms with E-state index in [1.807, 2.05) is 25.1 Å². The summed E-state index contributed by atoms with van der Waals surface area (Å²) in [7, 11) is 1.73. The second kappa shape index (κ2) is 12.3. The summed E-state index contributed by atoms with van der Waals surface area (Å²) in [6.45, 7) is 5.01. The van der Waals surface area contributed by atoms with Gasteiger partial charge in [0.05, 0.1) is 12.6 Å². The molecule has 0 spiro atoms. The number of hydrogen-bond acceptors (Lipinski definition) is 3. The van der Waals surface area contributed by atoms with Crippen molar-refractivity contribution in [1.82, 2.24) is 10.6 Å². The van der Waals surface area contributed by atoms with Crippen LogP contribution in [0.1, 0.15) is 38.3 Å². The van der Waals surface area contributed by atoms with Gasteiger partial charge in [-0.2, -0.15) is 0 Å². The van der Waals surface area contributed by atoms with Crippen molar-refractivity contribution in [2.45, 2.75) is 32.7 Å². The van der Waals surface area contributed by atoms with E-state index >= 15 is 0 Å². The Balaban J connectivity index is 0.00000441. The zero-order valence-corrected chi connectivity index (χ0v) is 15.8. The first kappa shape index (κ1) is 20.7. The van der Waals surface area contributed by atoms with E-state index in [1.165, 1.54) is 5.56 Å². The van der Waals surface area contributed by atoms with Crippen LogP contribution >= 0.6 is 24.0 Å². The third kappa shape index (κ3) is 8.21. The lowest BCUT2D eigenvalue weighted by molar-refractivity contribution is -0.143. The van der Waals surface area contributed by atoms with Crippen LogP contribution in [0.15, 0.2) is 35.3 Å². The highest BCUT2D eigenvalue weighted by Crippen LogP contribution is 2.10. The highest BCUT2D eigenvalue weighted by atomic mass is 127. The number of ether oxygens (including phenoxy) is 1. The maximum absolute atomic E-state index is 11.2. The predicted molar refractivity (Wildman–Crippen MR) is 101 cm³/mol. The Morgan fingerprint density at radius 3 is 2.59 bits per heavy atom. The SMILES string of the molecule is CCOC(=O)CCCNC(=NC)NC(C)c1ccccc1.I. The number of nitrogens with one attached hydrogen (secondary N) is 2. The lowest BCUT2D eigenvalue weighted by atomic mass is 10.1. The number of guanidine groups is 1. The van der Waals surface area contributed by atoms with Crippen molar-refractivity contribution in [2.75, 3.05) is 20.2 Å². The van der Waals surface area contributed by atoms with Gasteiger partial charge >= 0.3 is 5.97 Å². The molecular formula is C16H26IN3O2. The quantitative estimate of drug-likeness (QED) is 0.235. The van der Waals surface area contributed by atoms with Gasteiger partial charge < -0.3 is 15.4 Å². The van der Waals surface area contributed by atoms with Crippen molar-refractivity contribution in [3.63, 3.8) is 0 Å². The molecule has 1 rings (SSSR count). The highest BCUT2D eigenvalue weighted by Gasteiger charge is 2.07. The van der Waals surface area contributed by atoms with Gasteiger partial charge in [0.15, 0.2) is 5.96 Å². The van der Waals surface area contributed by atoms with E-state index in [2.05, 4.69) is 34.7 Å². The minimum Gasteiger partial charge on any atom is -0.466 e. The van der Waals surface area contributed by atoms with Crippen LogP contribution in [0.4, 0.5) is 0 Å². The largest absolute Gasteiger partial charge is 0.466 e. The Hall–Kier alpha value is -1.31. The van der Waals surface area contributed by atoms with Crippen molar-refractivity contribution >= 4 is 35.9 Å². The average Bonchev–Trinajstić information content (AvgIpc) is 2.51. The number of carbonyl (C=O) groups excluding carboxylic acids is 1. The molecule has 0 bridgehead atoms. The van der Waals surface area contributed by atoms with E-state index in [0.29, 0.717) is 19.6 Å². The van der Waals surface area contributed by atoms with Gasteiger partial charge in [-0.05, 0) is 25.8 Å². The molecular weight excluding hydrogens is 393 g/mol. The standard InChI is InChI=1S/C16H25N3O2.HI/c1-4-21-15(20)11-8-12-18-16(17-3)19-13(2)14-9-6-5-7-10-14;/h5-7,9-10,13H,4,8,11-12H2,1-3H3,(H2,17,18,19);1H. The Bertz CT molecular complexity index is 452. The Kier molecular flexibility index (Phi) is 11.5. The third-order valence-electron chi connectivity index (χ3n) is 3.03. The number of halogens is 1. The maximum atomic E-state index is 11.2. The van der Waals surface area contributed by atoms with E-state index in [9.17, 15) is 4.79 Å². The van der Waals surface area contributed by atoms with Crippen LogP contribution in [0.5, 0.6) is 0 Å². The molecule has 22 heavy (non-hydrogen) atoms. The van der Waals surface area contributed by atoms with Crippen LogP contribution in [-0.2, 0) is 9.53 Å². The highest BCUT2D eigenvalue weighted by molar-refractivity contribution is 14.0. The minimum atomic E-state index is -0.153. The average molecular weight is 419 g/mol. The van der Waals surface area contributed by atoms with Crippen LogP contribution in [0.25, 0.3) is 0 Å². The summed E-state index contributed by atoms with van der Waals surface area (Å²) in [5, 5.41) is 6.52. The molecule has 0 radical (unpaired) electrons. The first-order valence-corrected chi connectivity index (χ1v) is 7.35. The molecule has 0 heterocycles. The Morgan fingerprint density at radius 1 is 1.32 bits per heavy atom. The number of rotatable bonds is 7. The zero-order chi connectivity index (χ0) is 15.5. The second-order valence-electron chi connectivity index (χ2n) is 4.68. The number of benzene rings is 1. The maximum Gasteiger partial charge on any atom is 0.305 e. The molecule has 0 aliphatic heterocycles. The zero-order valence-electron chi connectivity index (χ0n) is 13.5. The van der Waals surface area contributed by atoms with Gasteiger partial charge in [0, 0.05) is 20.0 Å². The lowest BCUT2D eigenvalue weighted by Crippen LogP contribution is -2.39. The van der Waals surface area contributed by atoms with Crippen LogP contribution < -0.4 is 10.6 Å². The fraction of sp³-hybridized carbons (Fsp3) is 0.500. The number of hydrogen-bond donors (Lipinski definition) is 2. The van der Waals surface area contributed by atoms with Gasteiger partial charge in [0.25, 0.3) is 0 Å². The lowest BCUT2D eigenvalue weighted by Gasteiger charge is -2.18. The molecule has 0 fully saturated rings. The first-order chi connectivity index (χ1) is 10.2. The number of carbonyl (C=O) groups is 1. The van der Waals surface area contributed by atoms with Crippen molar-refractivity contribution in [2.24, 2.45) is 4.99 Å². The van der Waals surface area contributed by atoms with Crippen LogP contribution in [0, 0.1) is 0 Å². The van der Waals surface area contributed by atoms with Gasteiger partial charge in [-0.3, -0.25) is 9.79 Å². The van der Waals surface area contributed by atoms with Gasteiger partial charge in [0.2, 0.25) is 0 Å². The summed E-state index contributed by atoms with van der Waals surface area (Å²) in [6.07, 6.45) is 1.14. The summed E-state index contributed by atoms with van der Waals surface area (Å²) in [4.78, 5) is 15.4. The van der Waals surface area contributed by atoms with Crippen molar-refractivity contribution in [3.05, 3.63) is 35.9 Å². The number of aliphatic imine (C=N–C) groups is 1. The van der Waals surface area contributed by atoms with Crippen LogP contribution in [-0.4, -0.2) is 32.1 Å². The van der Waals surface area contributed by atoms with Crippen LogP contribution in [0.3, 0.4) is 0 Å². The van der Waals surface area contributed by atoms with Gasteiger partial charge in [-0.15, -0.1) is 24.0 Å². The summed E-state index contributed by atoms with van der Waals surface area (Å²) in [6, 6.07) is 10.4. The van der Waals surface area contributed by atoms with Crippen molar-refractivity contribution in [3.8, 4) is 0 Å². The minimum absolute atomic E-state index is 0. The molecule has 6 heteroatoms. The fourth-order valence-electron chi connectivity index (χ4n) is 1.90. The Morgan fingerprint density at radius 2 is 2.00 bits per heavy atom. The molecule has 1 unspecified atom stereocenters. The topological polar surface area (TPSA) is 62.7 Å². The van der Waals surface area contributed by atoms with Gasteiger partial charge in [0.1, 0.15) is 0 Å². The molecule has 5 nitrogen and oxygen atoms in total. The van der Waals surface area contributed by atoms with E-state index in [4.69, 9.17) is 4.74 Å². The number of nitrogens with zero attached hydrogens (tertiary/aromatic N) is 1. The van der Waals surface area contributed by atoms with E-state index in [-0.39, 0.29) is 36.0 Å². The van der Waals surface area contributed by atoms with Gasteiger partial charge in [-0.1, -0.05) is 30.3 Å². The summed E-state index contributed by atoms with van der Waals surface area (Å²) < 4.78 is 4.89. The number of esters is 1. The molecule has 0 amide bonds. The molecule has 2 N–H and O–H groups in total. The van der Waals surface area contributed by atoms with Gasteiger partial charge in [-0.25, -0.2) is 0 Å². The van der Waals surface area contributed by atoms with Crippen molar-refractivity contribution < 1.29 is 9.53 Å². The summed E-state index contributed by atoms with van der Waals surface area (Å²) in [5.41, 5.74) is 1.20. The van der Waals surface area contributed by atoms with E-state index < -0.39 is 0 Å². The molecule has 0 saturated carbocycles. The normalized spacial score (nSPS) is 12.0. The molecule has 1 atom stereocenters. The molecule has 0 aromatic heterocycles. The van der Waals surface area contributed by atoms with E-state index in [1.54, 1.807) is 7.05 Å². The predicted octanol–water partition coefficient (Wildman–Crippen LogP) is 2.87. The van der Waals surface area contributed by atoms with Crippen molar-refractivity contribution in [1.29, 1.82) is 0 Å². The Labute approximate surface area is 149 Å². The molecule has 1 aromatic rings. The first-order valence-electron chi connectivity index (χ1n) is 7.35. The third-order valence-corrected chi connectivity index (χ3v) is 3.03. The van der Waals surface area contributed by atoms with Crippen LogP contribution in [0.2, 0.25) is 0 Å². The molecule has 0 aliphatic carbocycles. The monoisotopic (exact) mass is 419 g/mol. The van der Waals surface area contributed by atoms with E-state index in [0.717, 1.165) is 12.4 Å². The fourth-order valence-corrected chi connectivity index (χ4v) is 1.90. The summed E-state index contributed by atoms with van der Waals surface area (Å²) >= 11 is 0. The molecule has 0 aliphatic rings. The molecule has 1 aromatic carbocycles. The second-order valence-corrected chi connectivity index (χ2v) is 4.68. The smallest absolute Gasteiger partial charge is 0.305 e.